The number of halogens is 2. The highest BCUT2D eigenvalue weighted by atomic mass is 35.5. The average molecular weight is 791 g/mol. The van der Waals surface area contributed by atoms with Gasteiger partial charge in [0.25, 0.3) is 11.8 Å². The van der Waals surface area contributed by atoms with Gasteiger partial charge in [-0.1, -0.05) is 71.3 Å². The number of rotatable bonds is 9. The number of nitrogens with one attached hydrogen (secondary N) is 1. The van der Waals surface area contributed by atoms with Crippen molar-refractivity contribution in [3.05, 3.63) is 142 Å². The van der Waals surface area contributed by atoms with E-state index >= 15 is 9.59 Å². The fraction of sp³-hybridized carbons (Fsp3) is 0.250. The summed E-state index contributed by atoms with van der Waals surface area (Å²) in [6.45, 7) is 5.30. The molecule has 56 heavy (non-hydrogen) atoms. The Balaban J connectivity index is 1.33. The van der Waals surface area contributed by atoms with Gasteiger partial charge in [0.15, 0.2) is 5.78 Å². The van der Waals surface area contributed by atoms with Crippen LogP contribution in [0, 0.1) is 23.7 Å². The maximum Gasteiger partial charge on any atom is 0.260 e. The zero-order valence-electron chi connectivity index (χ0n) is 30.5. The number of phenols is 1. The number of methoxy groups -OCH3 is 1. The lowest BCUT2D eigenvalue weighted by molar-refractivity contribution is -0.138. The number of carbonyl (C=O) groups excluding carboxylic acids is 5. The molecule has 4 aliphatic rings. The first-order valence-electron chi connectivity index (χ1n) is 18.3. The van der Waals surface area contributed by atoms with E-state index in [4.69, 9.17) is 27.9 Å². The van der Waals surface area contributed by atoms with Crippen LogP contribution < -0.4 is 15.1 Å². The minimum Gasteiger partial charge on any atom is -0.507 e. The van der Waals surface area contributed by atoms with Crippen LogP contribution in [0.5, 0.6) is 11.5 Å². The van der Waals surface area contributed by atoms with Gasteiger partial charge in [-0.3, -0.25) is 34.3 Å². The molecule has 10 nitrogen and oxygen atoms in total. The molecule has 0 aromatic heterocycles. The van der Waals surface area contributed by atoms with Gasteiger partial charge in [-0.2, -0.15) is 5.01 Å². The molecule has 0 radical (unpaired) electrons. The van der Waals surface area contributed by atoms with Crippen LogP contribution in [0.3, 0.4) is 0 Å². The summed E-state index contributed by atoms with van der Waals surface area (Å²) in [6.07, 6.45) is 4.17. The van der Waals surface area contributed by atoms with Crippen molar-refractivity contribution < 1.29 is 33.8 Å². The summed E-state index contributed by atoms with van der Waals surface area (Å²) in [5.74, 6) is -5.88. The zero-order chi connectivity index (χ0) is 39.6. The molecule has 1 saturated carbocycles. The first-order valence-corrected chi connectivity index (χ1v) is 19.0. The molecular weight excluding hydrogens is 753 g/mol. The fourth-order valence-corrected chi connectivity index (χ4v) is 9.90. The van der Waals surface area contributed by atoms with Crippen molar-refractivity contribution in [1.82, 2.24) is 5.01 Å². The van der Waals surface area contributed by atoms with E-state index in [-0.39, 0.29) is 41.0 Å². The van der Waals surface area contributed by atoms with Crippen molar-refractivity contribution >= 4 is 64.0 Å². The van der Waals surface area contributed by atoms with Crippen molar-refractivity contribution in [2.45, 2.75) is 37.5 Å². The summed E-state index contributed by atoms with van der Waals surface area (Å²) in [5, 5.41) is 13.6. The molecule has 12 heteroatoms. The van der Waals surface area contributed by atoms with Crippen molar-refractivity contribution in [3.63, 3.8) is 0 Å². The summed E-state index contributed by atoms with van der Waals surface area (Å²) < 4.78 is 5.48. The van der Waals surface area contributed by atoms with Gasteiger partial charge in [0.2, 0.25) is 11.8 Å². The highest BCUT2D eigenvalue weighted by Gasteiger charge is 2.70. The Morgan fingerprint density at radius 3 is 2.36 bits per heavy atom. The molecule has 4 aromatic rings. The second-order valence-corrected chi connectivity index (χ2v) is 15.5. The van der Waals surface area contributed by atoms with Crippen LogP contribution in [0.2, 0.25) is 10.0 Å². The number of hydrogen-bond donors (Lipinski definition) is 2. The van der Waals surface area contributed by atoms with Crippen molar-refractivity contribution in [1.29, 1.82) is 0 Å². The highest BCUT2D eigenvalue weighted by molar-refractivity contribution is 6.36. The molecule has 2 aliphatic carbocycles. The number of fused-ring (bicyclic) bond motifs is 4. The number of allylic oxidation sites excluding steroid dienone is 3. The Hall–Kier alpha value is -5.71. The average Bonchev–Trinajstić information content (AvgIpc) is 3.57. The summed E-state index contributed by atoms with van der Waals surface area (Å²) >= 11 is 12.7. The van der Waals surface area contributed by atoms with E-state index in [9.17, 15) is 19.5 Å². The molecule has 6 unspecified atom stereocenters. The van der Waals surface area contributed by atoms with Crippen LogP contribution in [0.4, 0.5) is 11.4 Å². The number of hydrogen-bond acceptors (Lipinski definition) is 8. The van der Waals surface area contributed by atoms with Gasteiger partial charge in [0.05, 0.1) is 46.7 Å². The van der Waals surface area contributed by atoms with Crippen LogP contribution in [-0.4, -0.2) is 46.6 Å². The number of carbonyl (C=O) groups is 5. The molecule has 2 N–H and O–H groups in total. The van der Waals surface area contributed by atoms with E-state index < -0.39 is 52.7 Å². The molecule has 0 spiro atoms. The molecule has 3 fully saturated rings. The van der Waals surface area contributed by atoms with Crippen LogP contribution in [0.1, 0.15) is 52.7 Å². The van der Waals surface area contributed by atoms with Gasteiger partial charge in [-0.15, -0.1) is 6.58 Å². The number of amides is 4. The van der Waals surface area contributed by atoms with Crippen LogP contribution in [0.15, 0.2) is 109 Å². The Morgan fingerprint density at radius 1 is 0.964 bits per heavy atom. The molecule has 0 bridgehead atoms. The maximum absolute atomic E-state index is 15.5. The van der Waals surface area contributed by atoms with Crippen LogP contribution in [0.25, 0.3) is 0 Å². The minimum absolute atomic E-state index is 0.0515. The van der Waals surface area contributed by atoms with Gasteiger partial charge in [0.1, 0.15) is 11.5 Å². The van der Waals surface area contributed by atoms with Crippen LogP contribution >= 0.6 is 23.2 Å². The molecule has 4 aromatic carbocycles. The van der Waals surface area contributed by atoms with Gasteiger partial charge in [-0.25, -0.2) is 0 Å². The number of nitrogens with zero attached hydrogens (tertiary/aromatic N) is 2. The van der Waals surface area contributed by atoms with E-state index in [2.05, 4.69) is 12.0 Å². The van der Waals surface area contributed by atoms with E-state index in [1.54, 1.807) is 84.9 Å². The third-order valence-electron chi connectivity index (χ3n) is 11.9. The largest absolute Gasteiger partial charge is 0.507 e. The minimum atomic E-state index is -1.64. The molecule has 8 rings (SSSR count). The van der Waals surface area contributed by atoms with Gasteiger partial charge in [-0.05, 0) is 97.8 Å². The number of ether oxygens (including phenoxy) is 1. The highest BCUT2D eigenvalue weighted by Crippen LogP contribution is 2.65. The van der Waals surface area contributed by atoms with Gasteiger partial charge >= 0.3 is 0 Å². The standard InChI is InChI=1S/C44H37Cl2N3O7/c1-4-6-25-7-5-8-32(39(25)51)38-30-18-19-31-37(42(54)48(40(31)52)28-14-9-24(10-15-28)23(2)50)33(30)22-34-41(53)49(47-36-20-13-27(45)21-35(36)46)43(55)44(34,38)26-11-16-29(56-3)17-12-26/h4-5,7-18,20-21,31,33-34,37-38,47,51H,1,6,19,22H2,2-3H3. The number of Topliss-reactive ketones (excluding diaryl/α,β-unsaturated/α-hetero) is 1. The zero-order valence-corrected chi connectivity index (χ0v) is 32.0. The Morgan fingerprint density at radius 2 is 1.70 bits per heavy atom. The Labute approximate surface area is 333 Å². The third-order valence-corrected chi connectivity index (χ3v) is 12.5. The van der Waals surface area contributed by atoms with E-state index in [0.717, 1.165) is 5.01 Å². The van der Waals surface area contributed by atoms with Gasteiger partial charge in [0, 0.05) is 22.1 Å². The molecular formula is C44H37Cl2N3O7. The van der Waals surface area contributed by atoms with Gasteiger partial charge < -0.3 is 9.84 Å². The molecule has 2 aliphatic heterocycles. The summed E-state index contributed by atoms with van der Waals surface area (Å²) in [5.41, 5.74) is 4.58. The maximum atomic E-state index is 15.5. The lowest BCUT2D eigenvalue weighted by atomic mass is 9.49. The van der Waals surface area contributed by atoms with E-state index in [0.29, 0.717) is 50.7 Å². The molecule has 2 heterocycles. The molecule has 4 amide bonds. The number of hydrazine groups is 1. The lowest BCUT2D eigenvalue weighted by Crippen LogP contribution is -2.53. The third kappa shape index (κ3) is 5.57. The Kier molecular flexibility index (Phi) is 9.37. The summed E-state index contributed by atoms with van der Waals surface area (Å²) in [7, 11) is 1.53. The van der Waals surface area contributed by atoms with Crippen molar-refractivity contribution in [3.8, 4) is 11.5 Å². The number of imide groups is 2. The van der Waals surface area contributed by atoms with Crippen LogP contribution in [-0.2, 0) is 31.0 Å². The summed E-state index contributed by atoms with van der Waals surface area (Å²) in [4.78, 5) is 72.5. The fourth-order valence-electron chi connectivity index (χ4n) is 9.45. The molecule has 2 saturated heterocycles. The topological polar surface area (TPSA) is 133 Å². The number of phenolic OH excluding ortho intramolecular Hbond substituents is 1. The number of para-hydroxylation sites is 1. The first-order chi connectivity index (χ1) is 26.9. The SMILES string of the molecule is C=CCc1cccc(C2C3=CCC4C(=O)N(c5ccc(C(C)=O)cc5)C(=O)C4C3CC3C(=O)N(Nc4ccc(Cl)cc4Cl)C(=O)C32c2ccc(OC)cc2)c1O. The molecule has 284 valence electrons. The quantitative estimate of drug-likeness (QED) is 0.0997. The van der Waals surface area contributed by atoms with Crippen molar-refractivity contribution in [2.75, 3.05) is 17.4 Å². The second-order valence-electron chi connectivity index (χ2n) is 14.7. The first kappa shape index (κ1) is 37.2. The van der Waals surface area contributed by atoms with E-state index in [1.807, 2.05) is 6.08 Å². The smallest absolute Gasteiger partial charge is 0.260 e. The number of ketones is 1. The summed E-state index contributed by atoms with van der Waals surface area (Å²) in [6, 6.07) is 23.3. The normalized spacial score (nSPS) is 25.4. The molecule has 6 atom stereocenters. The number of anilines is 2. The second kappa shape index (κ2) is 14.1. The lowest BCUT2D eigenvalue weighted by Gasteiger charge is -2.50. The predicted molar refractivity (Wildman–Crippen MR) is 212 cm³/mol. The van der Waals surface area contributed by atoms with E-state index in [1.165, 1.54) is 25.0 Å². The Bertz CT molecular complexity index is 2380. The predicted octanol–water partition coefficient (Wildman–Crippen LogP) is 7.83. The number of benzene rings is 4. The van der Waals surface area contributed by atoms with Crippen molar-refractivity contribution in [2.24, 2.45) is 23.7 Å². The monoisotopic (exact) mass is 789 g/mol. The number of aromatic hydroxyl groups is 1.